The minimum Gasteiger partial charge on any atom is -0.478 e. The maximum atomic E-state index is 13.7. The Morgan fingerprint density at radius 3 is 1.95 bits per heavy atom. The molecule has 0 spiro atoms. The summed E-state index contributed by atoms with van der Waals surface area (Å²) >= 11 is 1.49. The van der Waals surface area contributed by atoms with E-state index in [0.717, 1.165) is 11.1 Å². The van der Waals surface area contributed by atoms with E-state index >= 15 is 0 Å². The Morgan fingerprint density at radius 1 is 0.897 bits per heavy atom. The van der Waals surface area contributed by atoms with Gasteiger partial charge >= 0.3 is 5.97 Å². The van der Waals surface area contributed by atoms with Crippen LogP contribution in [-0.2, 0) is 19.1 Å². The number of carbonyl (C=O) groups is 3. The minimum atomic E-state index is -1.20. The van der Waals surface area contributed by atoms with E-state index < -0.39 is 40.4 Å². The highest BCUT2D eigenvalue weighted by Crippen LogP contribution is 2.51. The number of nitrogens with one attached hydrogen (secondary N) is 1. The molecule has 0 aliphatic carbocycles. The molecule has 2 saturated heterocycles. The molecule has 3 aromatic rings. The number of thioether (sulfide) groups is 1. The first-order valence-corrected chi connectivity index (χ1v) is 13.8. The van der Waals surface area contributed by atoms with Crippen molar-refractivity contribution < 1.29 is 23.9 Å². The summed E-state index contributed by atoms with van der Waals surface area (Å²) in [6.07, 6.45) is -0.609. The molecule has 0 bridgehead atoms. The SMILES string of the molecule is CC(C)(Oc1ccccc1)C(=O)NC1C(=O)N2C(C(=O)OC(c3ccccc3)c3ccccc3)C(C)(C)S[C@@H]12. The van der Waals surface area contributed by atoms with Crippen molar-refractivity contribution in [3.8, 4) is 5.75 Å². The topological polar surface area (TPSA) is 84.9 Å². The summed E-state index contributed by atoms with van der Waals surface area (Å²) in [5, 5.41) is 2.48. The molecule has 3 atom stereocenters. The van der Waals surface area contributed by atoms with E-state index in [2.05, 4.69) is 5.32 Å². The number of fused-ring (bicyclic) bond motifs is 1. The fourth-order valence-electron chi connectivity index (χ4n) is 5.04. The quantitative estimate of drug-likeness (QED) is 0.326. The van der Waals surface area contributed by atoms with Gasteiger partial charge in [-0.2, -0.15) is 0 Å². The summed E-state index contributed by atoms with van der Waals surface area (Å²) in [6, 6.07) is 26.6. The van der Waals surface area contributed by atoms with E-state index in [0.29, 0.717) is 5.75 Å². The first-order valence-electron chi connectivity index (χ1n) is 12.9. The van der Waals surface area contributed by atoms with Gasteiger partial charge in [0.15, 0.2) is 11.7 Å². The van der Waals surface area contributed by atoms with Crippen LogP contribution in [0, 0.1) is 0 Å². The van der Waals surface area contributed by atoms with Crippen molar-refractivity contribution in [3.63, 3.8) is 0 Å². The molecule has 0 saturated carbocycles. The Balaban J connectivity index is 1.31. The second-order valence-electron chi connectivity index (χ2n) is 10.8. The molecular weight excluding hydrogens is 512 g/mol. The molecule has 3 aromatic carbocycles. The number of ether oxygens (including phenoxy) is 2. The van der Waals surface area contributed by atoms with E-state index in [-0.39, 0.29) is 11.3 Å². The van der Waals surface area contributed by atoms with Crippen molar-refractivity contribution in [2.24, 2.45) is 0 Å². The van der Waals surface area contributed by atoms with Crippen LogP contribution >= 0.6 is 11.8 Å². The lowest BCUT2D eigenvalue weighted by Gasteiger charge is -2.44. The molecule has 0 radical (unpaired) electrons. The first kappa shape index (κ1) is 26.8. The summed E-state index contributed by atoms with van der Waals surface area (Å²) in [4.78, 5) is 41.7. The Labute approximate surface area is 232 Å². The number of hydrogen-bond acceptors (Lipinski definition) is 6. The predicted octanol–water partition coefficient (Wildman–Crippen LogP) is 4.72. The van der Waals surface area contributed by atoms with Crippen LogP contribution in [0.2, 0.25) is 0 Å². The fourth-order valence-corrected chi connectivity index (χ4v) is 6.66. The van der Waals surface area contributed by atoms with Crippen LogP contribution < -0.4 is 10.1 Å². The van der Waals surface area contributed by atoms with Crippen LogP contribution in [0.4, 0.5) is 0 Å². The predicted molar refractivity (Wildman–Crippen MR) is 150 cm³/mol. The maximum Gasteiger partial charge on any atom is 0.331 e. The van der Waals surface area contributed by atoms with E-state index in [1.165, 1.54) is 11.8 Å². The molecule has 8 heteroatoms. The zero-order valence-electron chi connectivity index (χ0n) is 22.4. The second kappa shape index (κ2) is 10.4. The lowest BCUT2D eigenvalue weighted by atomic mass is 9.95. The molecule has 2 aliphatic rings. The number of amides is 2. The van der Waals surface area contributed by atoms with Gasteiger partial charge in [-0.25, -0.2) is 4.79 Å². The van der Waals surface area contributed by atoms with Crippen LogP contribution in [-0.4, -0.2) is 50.5 Å². The fraction of sp³-hybridized carbons (Fsp3) is 0.323. The largest absolute Gasteiger partial charge is 0.478 e. The number of para-hydroxylation sites is 1. The van der Waals surface area contributed by atoms with Gasteiger partial charge in [-0.15, -0.1) is 11.8 Å². The molecule has 39 heavy (non-hydrogen) atoms. The van der Waals surface area contributed by atoms with Gasteiger partial charge in [-0.05, 0) is 51.0 Å². The zero-order valence-corrected chi connectivity index (χ0v) is 23.2. The van der Waals surface area contributed by atoms with Crippen LogP contribution in [0.25, 0.3) is 0 Å². The van der Waals surface area contributed by atoms with Crippen molar-refractivity contribution in [3.05, 3.63) is 102 Å². The van der Waals surface area contributed by atoms with Gasteiger partial charge in [0.1, 0.15) is 23.2 Å². The Hall–Kier alpha value is -3.78. The summed E-state index contributed by atoms with van der Waals surface area (Å²) in [5.74, 6) is -0.620. The minimum absolute atomic E-state index is 0.306. The number of nitrogens with zero attached hydrogens (tertiary/aromatic N) is 1. The molecular formula is C31H32N2O5S. The van der Waals surface area contributed by atoms with Crippen molar-refractivity contribution in [2.45, 2.75) is 61.6 Å². The summed E-state index contributed by atoms with van der Waals surface area (Å²) in [7, 11) is 0. The van der Waals surface area contributed by atoms with Gasteiger partial charge in [-0.1, -0.05) is 78.9 Å². The van der Waals surface area contributed by atoms with Gasteiger partial charge in [0.25, 0.3) is 5.91 Å². The second-order valence-corrected chi connectivity index (χ2v) is 12.5. The van der Waals surface area contributed by atoms with Crippen molar-refractivity contribution in [1.29, 1.82) is 0 Å². The number of hydrogen-bond donors (Lipinski definition) is 1. The first-order chi connectivity index (χ1) is 18.6. The lowest BCUT2D eigenvalue weighted by molar-refractivity contribution is -0.167. The standard InChI is InChI=1S/C31H32N2O5S/c1-30(2,38-22-18-12-7-13-19-22)29(36)32-23-26(34)33-25(31(3,4)39-27(23)33)28(35)37-24(20-14-8-5-9-15-20)21-16-10-6-11-17-21/h5-19,23-25,27H,1-4H3,(H,32,36)/t23?,25?,27-/m0/s1. The number of carbonyl (C=O) groups excluding carboxylic acids is 3. The monoisotopic (exact) mass is 544 g/mol. The van der Waals surface area contributed by atoms with Crippen LogP contribution in [0.1, 0.15) is 44.9 Å². The molecule has 2 fully saturated rings. The van der Waals surface area contributed by atoms with Crippen molar-refractivity contribution >= 4 is 29.5 Å². The molecule has 1 N–H and O–H groups in total. The smallest absolute Gasteiger partial charge is 0.331 e. The normalized spacial score (nSPS) is 21.6. The van der Waals surface area contributed by atoms with Crippen molar-refractivity contribution in [2.75, 3.05) is 0 Å². The third-order valence-corrected chi connectivity index (χ3v) is 8.62. The molecule has 5 rings (SSSR count). The Bertz CT molecular complexity index is 1310. The van der Waals surface area contributed by atoms with Crippen molar-refractivity contribution in [1.82, 2.24) is 10.2 Å². The summed E-state index contributed by atoms with van der Waals surface area (Å²) < 4.78 is 11.4. The average molecular weight is 545 g/mol. The lowest BCUT2D eigenvalue weighted by Crippen LogP contribution is -2.72. The third-order valence-electron chi connectivity index (χ3n) is 7.05. The van der Waals surface area contributed by atoms with Gasteiger partial charge in [0.2, 0.25) is 5.91 Å². The van der Waals surface area contributed by atoms with E-state index in [9.17, 15) is 14.4 Å². The molecule has 7 nitrogen and oxygen atoms in total. The molecule has 2 heterocycles. The van der Waals surface area contributed by atoms with E-state index in [1.54, 1.807) is 30.9 Å². The Morgan fingerprint density at radius 2 is 1.41 bits per heavy atom. The number of esters is 1. The van der Waals surface area contributed by atoms with E-state index in [4.69, 9.17) is 9.47 Å². The van der Waals surface area contributed by atoms with Gasteiger partial charge < -0.3 is 19.7 Å². The third kappa shape index (κ3) is 5.26. The number of rotatable bonds is 8. The van der Waals surface area contributed by atoms with Crippen LogP contribution in [0.3, 0.4) is 0 Å². The van der Waals surface area contributed by atoms with Gasteiger partial charge in [0, 0.05) is 4.75 Å². The highest BCUT2D eigenvalue weighted by molar-refractivity contribution is 8.01. The van der Waals surface area contributed by atoms with E-state index in [1.807, 2.05) is 92.7 Å². The zero-order chi connectivity index (χ0) is 27.8. The highest BCUT2D eigenvalue weighted by atomic mass is 32.2. The molecule has 2 unspecified atom stereocenters. The number of β-lactam (4-membered cyclic amide) rings is 1. The molecule has 2 amide bonds. The molecule has 202 valence electrons. The van der Waals surface area contributed by atoms with Crippen LogP contribution in [0.5, 0.6) is 5.75 Å². The van der Waals surface area contributed by atoms with Gasteiger partial charge in [-0.3, -0.25) is 9.59 Å². The average Bonchev–Trinajstić information content (AvgIpc) is 3.19. The highest BCUT2D eigenvalue weighted by Gasteiger charge is 2.65. The summed E-state index contributed by atoms with van der Waals surface area (Å²) in [6.45, 7) is 7.18. The summed E-state index contributed by atoms with van der Waals surface area (Å²) in [5.41, 5.74) is 0.494. The molecule has 2 aliphatic heterocycles. The Kier molecular flexibility index (Phi) is 7.16. The number of benzene rings is 3. The molecule has 0 aromatic heterocycles. The maximum absolute atomic E-state index is 13.7. The van der Waals surface area contributed by atoms with Crippen LogP contribution in [0.15, 0.2) is 91.0 Å². The van der Waals surface area contributed by atoms with Gasteiger partial charge in [0.05, 0.1) is 0 Å².